The summed E-state index contributed by atoms with van der Waals surface area (Å²) < 4.78 is 52.7. The van der Waals surface area contributed by atoms with E-state index in [1.54, 1.807) is 12.1 Å². The summed E-state index contributed by atoms with van der Waals surface area (Å²) in [6.45, 7) is 0.722. The number of hydrogen-bond acceptors (Lipinski definition) is 5. The van der Waals surface area contributed by atoms with Crippen LogP contribution in [-0.4, -0.2) is 39.4 Å². The van der Waals surface area contributed by atoms with Crippen molar-refractivity contribution in [1.29, 1.82) is 0 Å². The number of aryl methyl sites for hydroxylation is 1. The van der Waals surface area contributed by atoms with Crippen molar-refractivity contribution >= 4 is 44.8 Å². The van der Waals surface area contributed by atoms with E-state index in [2.05, 4.69) is 5.32 Å². The van der Waals surface area contributed by atoms with Crippen LogP contribution in [0.2, 0.25) is 10.0 Å². The van der Waals surface area contributed by atoms with Gasteiger partial charge in [-0.15, -0.1) is 0 Å². The Hall–Kier alpha value is -2.85. The third-order valence-corrected chi connectivity index (χ3v) is 7.58. The highest BCUT2D eigenvalue weighted by Crippen LogP contribution is 2.36. The van der Waals surface area contributed by atoms with Gasteiger partial charge in [0.25, 0.3) is 0 Å². The number of hydrogen-bond donors (Lipinski definition) is 1. The number of nitrogens with zero attached hydrogens (tertiary/aromatic N) is 1. The fourth-order valence-electron chi connectivity index (χ4n) is 3.25. The van der Waals surface area contributed by atoms with Crippen molar-refractivity contribution in [3.8, 4) is 11.5 Å². The molecule has 1 amide bonds. The largest absolute Gasteiger partial charge is 0.495 e. The van der Waals surface area contributed by atoms with Gasteiger partial charge in [-0.3, -0.25) is 4.79 Å². The third-order valence-electron chi connectivity index (χ3n) is 5.12. The van der Waals surface area contributed by atoms with Crippen molar-refractivity contribution in [2.45, 2.75) is 18.4 Å². The molecule has 186 valence electrons. The number of carbonyl (C=O) groups excluding carboxylic acids is 1. The lowest BCUT2D eigenvalue weighted by Crippen LogP contribution is -2.38. The molecule has 0 spiro atoms. The lowest BCUT2D eigenvalue weighted by Gasteiger charge is -2.23. The molecule has 0 radical (unpaired) electrons. The van der Waals surface area contributed by atoms with Gasteiger partial charge in [0.1, 0.15) is 17.3 Å². The molecule has 1 N–H and O–H groups in total. The van der Waals surface area contributed by atoms with Gasteiger partial charge in [-0.1, -0.05) is 47.0 Å². The van der Waals surface area contributed by atoms with Gasteiger partial charge in [0.05, 0.1) is 36.4 Å². The third kappa shape index (κ3) is 6.24. The summed E-state index contributed by atoms with van der Waals surface area (Å²) in [4.78, 5) is 12.9. The van der Waals surface area contributed by atoms with E-state index in [-0.39, 0.29) is 37.7 Å². The number of anilines is 1. The Bertz CT molecular complexity index is 1310. The van der Waals surface area contributed by atoms with E-state index in [4.69, 9.17) is 32.7 Å². The Balaban J connectivity index is 1.97. The molecule has 0 heterocycles. The molecule has 0 saturated carbocycles. The maximum atomic E-state index is 14.5. The molecule has 0 unspecified atom stereocenters. The highest BCUT2D eigenvalue weighted by molar-refractivity contribution is 7.89. The number of sulfonamides is 1. The van der Waals surface area contributed by atoms with E-state index in [1.807, 2.05) is 6.92 Å². The lowest BCUT2D eigenvalue weighted by atomic mass is 10.2. The Labute approximate surface area is 213 Å². The van der Waals surface area contributed by atoms with Crippen LogP contribution in [0.5, 0.6) is 11.5 Å². The minimum Gasteiger partial charge on any atom is -0.495 e. The fraction of sp³-hybridized carbons (Fsp3) is 0.208. The first-order chi connectivity index (χ1) is 16.6. The Morgan fingerprint density at radius 1 is 1.00 bits per heavy atom. The molecule has 11 heteroatoms. The molecular formula is C24H23Cl2FN2O5S. The topological polar surface area (TPSA) is 84.9 Å². The maximum absolute atomic E-state index is 14.5. The van der Waals surface area contributed by atoms with Gasteiger partial charge < -0.3 is 14.8 Å². The summed E-state index contributed by atoms with van der Waals surface area (Å²) in [7, 11) is -1.40. The zero-order valence-electron chi connectivity index (χ0n) is 19.1. The first-order valence-corrected chi connectivity index (χ1v) is 12.5. The number of rotatable bonds is 9. The highest BCUT2D eigenvalue weighted by Gasteiger charge is 2.29. The Kier molecular flexibility index (Phi) is 8.60. The molecule has 0 aliphatic heterocycles. The number of methoxy groups -OCH3 is 2. The standard InChI is InChI=1S/C24H23Cl2FN2O5S/c1-15-7-9-16(10-8-15)35(31,32)29(13-17-18(25)5-4-6-20(17)27)14-24(30)28-21-12-22(33-2)19(26)11-23(21)34-3/h4-12H,13-14H2,1-3H3,(H,28,30). The van der Waals surface area contributed by atoms with E-state index >= 15 is 0 Å². The van der Waals surface area contributed by atoms with E-state index in [9.17, 15) is 17.6 Å². The monoisotopic (exact) mass is 540 g/mol. The van der Waals surface area contributed by atoms with Gasteiger partial charge in [0.2, 0.25) is 15.9 Å². The zero-order chi connectivity index (χ0) is 25.8. The number of carbonyl (C=O) groups is 1. The van der Waals surface area contributed by atoms with Crippen molar-refractivity contribution in [2.24, 2.45) is 0 Å². The Morgan fingerprint density at radius 3 is 2.26 bits per heavy atom. The summed E-state index contributed by atoms with van der Waals surface area (Å²) in [6, 6.07) is 13.0. The molecular weight excluding hydrogens is 518 g/mol. The second kappa shape index (κ2) is 11.3. The number of amides is 1. The number of ether oxygens (including phenoxy) is 2. The van der Waals surface area contributed by atoms with Crippen molar-refractivity contribution < 1.29 is 27.1 Å². The molecule has 0 aromatic heterocycles. The van der Waals surface area contributed by atoms with Crippen LogP contribution in [-0.2, 0) is 21.4 Å². The highest BCUT2D eigenvalue weighted by atomic mass is 35.5. The van der Waals surface area contributed by atoms with Crippen LogP contribution in [0.4, 0.5) is 10.1 Å². The minimum atomic E-state index is -4.20. The number of benzene rings is 3. The molecule has 7 nitrogen and oxygen atoms in total. The predicted molar refractivity (Wildman–Crippen MR) is 133 cm³/mol. The average Bonchev–Trinajstić information content (AvgIpc) is 2.81. The van der Waals surface area contributed by atoms with Crippen molar-refractivity contribution in [2.75, 3.05) is 26.1 Å². The van der Waals surface area contributed by atoms with E-state index in [1.165, 1.54) is 56.7 Å². The smallest absolute Gasteiger partial charge is 0.243 e. The van der Waals surface area contributed by atoms with Crippen molar-refractivity contribution in [3.05, 3.63) is 81.6 Å². The number of halogens is 3. The van der Waals surface area contributed by atoms with Crippen LogP contribution in [0.3, 0.4) is 0 Å². The molecule has 3 aromatic carbocycles. The number of nitrogens with one attached hydrogen (secondary N) is 1. The van der Waals surface area contributed by atoms with Crippen LogP contribution < -0.4 is 14.8 Å². The van der Waals surface area contributed by atoms with E-state index in [0.717, 1.165) is 9.87 Å². The summed E-state index contributed by atoms with van der Waals surface area (Å²) in [5.41, 5.74) is 1.02. The summed E-state index contributed by atoms with van der Waals surface area (Å²) in [5, 5.41) is 2.91. The second-order valence-electron chi connectivity index (χ2n) is 7.52. The molecule has 0 atom stereocenters. The van der Waals surface area contributed by atoms with Crippen LogP contribution in [0.25, 0.3) is 0 Å². The summed E-state index contributed by atoms with van der Waals surface area (Å²) in [6.07, 6.45) is 0. The fourth-order valence-corrected chi connectivity index (χ4v) is 5.07. The molecule has 0 aliphatic carbocycles. The lowest BCUT2D eigenvalue weighted by molar-refractivity contribution is -0.116. The quantitative estimate of drug-likeness (QED) is 0.398. The first kappa shape index (κ1) is 26.7. The van der Waals surface area contributed by atoms with Crippen molar-refractivity contribution in [1.82, 2.24) is 4.31 Å². The minimum absolute atomic E-state index is 0.0404. The maximum Gasteiger partial charge on any atom is 0.243 e. The van der Waals surface area contributed by atoms with Gasteiger partial charge in [-0.05, 0) is 31.2 Å². The van der Waals surface area contributed by atoms with Gasteiger partial charge in [-0.25, -0.2) is 12.8 Å². The predicted octanol–water partition coefficient (Wildman–Crippen LogP) is 5.29. The van der Waals surface area contributed by atoms with Gasteiger partial charge in [0, 0.05) is 29.3 Å². The van der Waals surface area contributed by atoms with E-state index < -0.39 is 34.8 Å². The molecule has 0 fully saturated rings. The molecule has 0 aliphatic rings. The zero-order valence-corrected chi connectivity index (χ0v) is 21.5. The van der Waals surface area contributed by atoms with Crippen LogP contribution >= 0.6 is 23.2 Å². The van der Waals surface area contributed by atoms with Crippen molar-refractivity contribution in [3.63, 3.8) is 0 Å². The SMILES string of the molecule is COc1cc(NC(=O)CN(Cc2c(F)cccc2Cl)S(=O)(=O)c2ccc(C)cc2)c(OC)cc1Cl. The molecule has 35 heavy (non-hydrogen) atoms. The van der Waals surface area contributed by atoms with Crippen LogP contribution in [0.15, 0.2) is 59.5 Å². The van der Waals surface area contributed by atoms with Crippen LogP contribution in [0.1, 0.15) is 11.1 Å². The second-order valence-corrected chi connectivity index (χ2v) is 10.3. The Morgan fingerprint density at radius 2 is 1.66 bits per heavy atom. The molecule has 3 rings (SSSR count). The normalized spacial score (nSPS) is 11.4. The molecule has 0 saturated heterocycles. The summed E-state index contributed by atoms with van der Waals surface area (Å²) >= 11 is 12.2. The average molecular weight is 541 g/mol. The van der Waals surface area contributed by atoms with Gasteiger partial charge in [0.15, 0.2) is 0 Å². The first-order valence-electron chi connectivity index (χ1n) is 10.3. The molecule has 0 bridgehead atoms. The van der Waals surface area contributed by atoms with Gasteiger partial charge >= 0.3 is 0 Å². The van der Waals surface area contributed by atoms with Gasteiger partial charge in [-0.2, -0.15) is 4.31 Å². The molecule has 3 aromatic rings. The summed E-state index contributed by atoms with van der Waals surface area (Å²) in [5.74, 6) is -0.860. The van der Waals surface area contributed by atoms with Crippen LogP contribution in [0, 0.1) is 12.7 Å². The van der Waals surface area contributed by atoms with E-state index in [0.29, 0.717) is 0 Å².